The standard InChI is InChI=1S/C25H23ClF2N2O6.2C25H25ClFNO5.C22H19Cl2F2N3O5/c1-22(12-34-17-7-19-18(6-14(17)22)35-23(2,28)36-19)21(32)30-25-9-24(10-25,11-25)29-20(31)8-33-13-3-4-15(26)16(27)5-13;2*1-14-6-16(3-4-18(14)27)32-10-23(31)28-25-11-24(12-25,13-25)9-20(30)22-8-19(29)17-7-15(26)2-5-21(17)33-22;1-20(25,26)34-11-2-3-14(27-6-11)18(30)28-21-8-22(9-21,10-21)29-19(31)17-7-32-15-4-12(23)13(24)5-16(15)33-17/h3-7H,8-12H2,1-2H3,(H,29,31)(H,30,32);2*2-7,19,22,29H,8-13H2,1H3,(H,28,31);2-6,17H,7-10H2,1H3,(H,28,30)(H,29,31)/t22-,23?,24?,25?;2*19-,22-,24?,25?;/m010./s1. The van der Waals surface area contributed by atoms with E-state index in [0.29, 0.717) is 146 Å². The van der Waals surface area contributed by atoms with Gasteiger partial charge in [0.1, 0.15) is 82.0 Å². The maximum absolute atomic E-state index is 14.1. The van der Waals surface area contributed by atoms with Gasteiger partial charge in [0.15, 0.2) is 66.6 Å². The van der Waals surface area contributed by atoms with Gasteiger partial charge in [-0.15, -0.1) is 0 Å². The van der Waals surface area contributed by atoms with Crippen LogP contribution >= 0.6 is 58.0 Å². The van der Waals surface area contributed by atoms with Crippen molar-refractivity contribution in [1.29, 1.82) is 0 Å². The van der Waals surface area contributed by atoms with Gasteiger partial charge < -0.3 is 94.2 Å². The van der Waals surface area contributed by atoms with E-state index >= 15 is 0 Å². The first-order chi connectivity index (χ1) is 64.2. The lowest BCUT2D eigenvalue weighted by Crippen LogP contribution is -2.84. The minimum atomic E-state index is -3.34. The average molecular weight is 1980 g/mol. The third-order valence-corrected chi connectivity index (χ3v) is 28.8. The smallest absolute Gasteiger partial charge is 0.404 e. The number of amides is 6. The highest BCUT2D eigenvalue weighted by Gasteiger charge is 2.73. The van der Waals surface area contributed by atoms with Gasteiger partial charge in [0.05, 0.1) is 33.5 Å². The molecule has 2 unspecified atom stereocenters. The second-order valence-corrected chi connectivity index (χ2v) is 40.9. The number of aliphatic hydroxyl groups is 2. The van der Waals surface area contributed by atoms with Crippen molar-refractivity contribution in [1.82, 2.24) is 36.9 Å². The van der Waals surface area contributed by atoms with Crippen molar-refractivity contribution in [3.8, 4) is 63.2 Å². The summed E-state index contributed by atoms with van der Waals surface area (Å²) in [6.45, 7) is 6.43. The molecule has 6 heterocycles. The number of hydrogen-bond donors (Lipinski definition) is 8. The number of nitrogens with zero attached hydrogens (tertiary/aromatic N) is 1. The molecular weight excluding hydrogens is 1890 g/mol. The van der Waals surface area contributed by atoms with Crippen molar-refractivity contribution >= 4 is 105 Å². The van der Waals surface area contributed by atoms with Crippen molar-refractivity contribution in [3.63, 3.8) is 0 Å². The Bertz CT molecular complexity index is 5980. The van der Waals surface area contributed by atoms with Gasteiger partial charge in [0.25, 0.3) is 29.5 Å². The highest BCUT2D eigenvalue weighted by molar-refractivity contribution is 6.42. The molecule has 12 aliphatic carbocycles. The molecule has 8 aromatic rings. The number of aliphatic hydroxyl groups excluding tert-OH is 2. The Labute approximate surface area is 799 Å². The molecule has 12 fully saturated rings. The molecule has 0 saturated heterocycles. The monoisotopic (exact) mass is 1980 g/mol. The highest BCUT2D eigenvalue weighted by atomic mass is 35.5. The zero-order chi connectivity index (χ0) is 96.6. The lowest BCUT2D eigenvalue weighted by Gasteiger charge is -2.70. The van der Waals surface area contributed by atoms with Crippen LogP contribution in [0.15, 0.2) is 134 Å². The number of carbonyl (C=O) groups is 8. The summed E-state index contributed by atoms with van der Waals surface area (Å²) in [6.07, 6.45) is 3.06. The summed E-state index contributed by atoms with van der Waals surface area (Å²) in [5.74, 6) is 0.561. The summed E-state index contributed by atoms with van der Waals surface area (Å²) in [7, 11) is 0. The van der Waals surface area contributed by atoms with Crippen LogP contribution in [0.2, 0.25) is 25.1 Å². The van der Waals surface area contributed by atoms with Crippen LogP contribution in [0.1, 0.15) is 174 Å². The number of hydrogen-bond acceptors (Lipinski definition) is 22. The molecule has 7 atom stereocenters. The molecule has 6 amide bonds. The lowest BCUT2D eigenvalue weighted by molar-refractivity contribution is -0.177. The summed E-state index contributed by atoms with van der Waals surface area (Å²) in [4.78, 5) is 105. The van der Waals surface area contributed by atoms with Crippen LogP contribution < -0.4 is 84.0 Å². The number of ketones is 2. The highest BCUT2D eigenvalue weighted by Crippen LogP contribution is 2.71. The number of rotatable bonds is 26. The molecule has 25 rings (SSSR count). The Kier molecular flexibility index (Phi) is 24.6. The van der Waals surface area contributed by atoms with E-state index in [1.807, 2.05) is 0 Å². The minimum absolute atomic E-state index is 0.0238. The first-order valence-corrected chi connectivity index (χ1v) is 45.9. The quantitative estimate of drug-likeness (QED) is 0.0233. The van der Waals surface area contributed by atoms with E-state index in [2.05, 4.69) is 41.6 Å². The number of ether oxygens (including phenoxy) is 11. The largest absolute Gasteiger partial charge is 0.492 e. The van der Waals surface area contributed by atoms with Crippen LogP contribution in [0.25, 0.3) is 0 Å². The summed E-state index contributed by atoms with van der Waals surface area (Å²) in [5.41, 5.74) is -0.544. The zero-order valence-electron chi connectivity index (χ0n) is 73.7. The van der Waals surface area contributed by atoms with Crippen LogP contribution in [-0.4, -0.2) is 159 Å². The SMILES string of the molecule is CC(F)(F)Oc1ccc(C(=O)NC23CC(NC(=O)C4COc5cc(Cl)c(Cl)cc5O4)(C2)C3)nc1.CC1(F)Oc2cc3c(cc2O1)[C@@](C)(C(=O)NC12CC(NC(=O)COc4ccc(Cl)c(F)c4)(C1)C2)CO3.Cc1cc(OCC(=O)NC23CC(CC(=O)[C@@H]4C[C@H](O)c5cc(Cl)ccc5O4)(C2)C3)ccc1F.Cc1cc(OCC(=O)NC23CC(CC(=O)[C@H]4C[C@@H](O)c5cc(Cl)ccc5O4)(C2)C3)ccc1F. The minimum Gasteiger partial charge on any atom is -0.492 e. The third kappa shape index (κ3) is 19.5. The van der Waals surface area contributed by atoms with E-state index in [-0.39, 0.29) is 160 Å². The Morgan fingerprint density at radius 2 is 0.904 bits per heavy atom. The molecule has 5 aliphatic heterocycles. The maximum atomic E-state index is 14.1. The number of carbonyl (C=O) groups excluding carboxylic acids is 8. The topological polar surface area (TPSA) is 364 Å². The molecule has 8 bridgehead atoms. The number of aryl methyl sites for hydroxylation is 2. The predicted octanol–water partition coefficient (Wildman–Crippen LogP) is 15.4. The molecule has 7 aromatic carbocycles. The fraction of sp³-hybridized carbons (Fsp3) is 0.433. The average Bonchev–Trinajstić information content (AvgIpc) is 0.713. The van der Waals surface area contributed by atoms with E-state index < -0.39 is 76.4 Å². The molecule has 28 nitrogen and oxygen atoms in total. The molecule has 0 radical (unpaired) electrons. The van der Waals surface area contributed by atoms with E-state index in [4.69, 9.17) is 105 Å². The fourth-order valence-corrected chi connectivity index (χ4v) is 22.3. The summed E-state index contributed by atoms with van der Waals surface area (Å²) < 4.78 is 140. The number of alkyl halides is 3. The number of nitrogens with one attached hydrogen (secondary N) is 6. The molecule has 17 aliphatic rings. The van der Waals surface area contributed by atoms with Gasteiger partial charge in [-0.05, 0) is 223 Å². The van der Waals surface area contributed by atoms with Gasteiger partial charge >= 0.3 is 12.1 Å². The molecule has 39 heteroatoms. The first kappa shape index (κ1) is 94.9. The summed E-state index contributed by atoms with van der Waals surface area (Å²) in [5, 5.41) is 40.5. The second-order valence-electron chi connectivity index (χ2n) is 38.9. The van der Waals surface area contributed by atoms with Crippen LogP contribution in [0.4, 0.5) is 26.3 Å². The van der Waals surface area contributed by atoms with Gasteiger partial charge in [-0.2, -0.15) is 13.2 Å². The van der Waals surface area contributed by atoms with Crippen molar-refractivity contribution in [2.75, 3.05) is 33.0 Å². The van der Waals surface area contributed by atoms with Crippen molar-refractivity contribution in [2.24, 2.45) is 10.8 Å². The molecule has 0 spiro atoms. The number of fused-ring (bicyclic) bond motifs is 5. The van der Waals surface area contributed by atoms with Gasteiger partial charge in [-0.1, -0.05) is 58.0 Å². The van der Waals surface area contributed by atoms with Crippen molar-refractivity contribution in [2.45, 2.75) is 219 Å². The normalized spacial score (nSPS) is 29.4. The van der Waals surface area contributed by atoms with Crippen LogP contribution in [-0.2, 0) is 39.0 Å². The number of aromatic nitrogens is 1. The number of benzene rings is 7. The van der Waals surface area contributed by atoms with Crippen LogP contribution in [0.5, 0.6) is 63.2 Å². The van der Waals surface area contributed by atoms with Crippen molar-refractivity contribution < 1.29 is 127 Å². The zero-order valence-corrected chi connectivity index (χ0v) is 77.5. The van der Waals surface area contributed by atoms with Gasteiger partial charge in [-0.3, -0.25) is 38.4 Å². The van der Waals surface area contributed by atoms with Gasteiger partial charge in [-0.25, -0.2) is 18.2 Å². The van der Waals surface area contributed by atoms with Crippen molar-refractivity contribution in [3.05, 3.63) is 210 Å². The number of pyridine rings is 1. The van der Waals surface area contributed by atoms with Gasteiger partial charge in [0.2, 0.25) is 12.0 Å². The number of halogens is 11. The van der Waals surface area contributed by atoms with E-state index in [1.54, 1.807) is 81.4 Å². The Balaban J connectivity index is 0.000000121. The molecule has 8 N–H and O–H groups in total. The Hall–Kier alpha value is -11.4. The molecule has 718 valence electrons. The maximum Gasteiger partial charge on any atom is 0.404 e. The molecule has 136 heavy (non-hydrogen) atoms. The summed E-state index contributed by atoms with van der Waals surface area (Å²) >= 11 is 29.6. The molecule has 1 aromatic heterocycles. The summed E-state index contributed by atoms with van der Waals surface area (Å²) in [6, 6.07) is 29.2. The Morgan fingerprint density at radius 1 is 0.463 bits per heavy atom. The molecular formula is C97H92Cl5F6N7O21. The number of Topliss-reactive ketones (excluding diaryl/α,β-unsaturated/α-hetero) is 2. The second kappa shape index (κ2) is 35.2. The van der Waals surface area contributed by atoms with Crippen LogP contribution in [0, 0.1) is 42.1 Å². The third-order valence-electron chi connectivity index (χ3n) is 27.3. The van der Waals surface area contributed by atoms with E-state index in [9.17, 15) is 74.9 Å². The lowest BCUT2D eigenvalue weighted by atomic mass is 9.38. The van der Waals surface area contributed by atoms with Crippen LogP contribution in [0.3, 0.4) is 0 Å². The molecule has 12 saturated carbocycles. The van der Waals surface area contributed by atoms with Gasteiger partial charge in [0, 0.05) is 124 Å². The first-order valence-electron chi connectivity index (χ1n) is 44.0. The predicted molar refractivity (Wildman–Crippen MR) is 477 cm³/mol. The Morgan fingerprint density at radius 3 is 1.38 bits per heavy atom. The fourth-order valence-electron chi connectivity index (χ4n) is 21.5. The van der Waals surface area contributed by atoms with E-state index in [1.165, 1.54) is 60.7 Å². The van der Waals surface area contributed by atoms with E-state index in [0.717, 1.165) is 57.7 Å².